The van der Waals surface area contributed by atoms with Gasteiger partial charge in [0.1, 0.15) is 0 Å². The quantitative estimate of drug-likeness (QED) is 0.535. The van der Waals surface area contributed by atoms with E-state index < -0.39 is 0 Å². The van der Waals surface area contributed by atoms with Gasteiger partial charge in [0.25, 0.3) is 0 Å². The predicted octanol–water partition coefficient (Wildman–Crippen LogP) is 5.80. The van der Waals surface area contributed by atoms with Crippen LogP contribution in [0.1, 0.15) is 63.5 Å². The molecule has 0 aliphatic carbocycles. The third kappa shape index (κ3) is 4.85. The summed E-state index contributed by atoms with van der Waals surface area (Å²) in [5.41, 5.74) is 10.8. The van der Waals surface area contributed by atoms with Gasteiger partial charge in [0.2, 0.25) is 5.96 Å². The van der Waals surface area contributed by atoms with Gasteiger partial charge >= 0.3 is 0 Å². The van der Waals surface area contributed by atoms with E-state index in [0.717, 1.165) is 24.2 Å². The van der Waals surface area contributed by atoms with E-state index >= 15 is 0 Å². The largest absolute Gasteiger partial charge is 0.369 e. The van der Waals surface area contributed by atoms with Crippen LogP contribution in [0.5, 0.6) is 0 Å². The van der Waals surface area contributed by atoms with Crippen LogP contribution < -0.4 is 10.6 Å². The maximum Gasteiger partial charge on any atom is 0.200 e. The molecular weight excluding hydrogens is 306 g/mol. The van der Waals surface area contributed by atoms with Gasteiger partial charge in [-0.05, 0) is 60.1 Å². The van der Waals surface area contributed by atoms with Crippen LogP contribution in [-0.4, -0.2) is 13.0 Å². The predicted molar refractivity (Wildman–Crippen MR) is 110 cm³/mol. The summed E-state index contributed by atoms with van der Waals surface area (Å²) in [7, 11) is 1.95. The average Bonchev–Trinajstić information content (AvgIpc) is 2.66. The first kappa shape index (κ1) is 19.0. The van der Waals surface area contributed by atoms with E-state index in [4.69, 9.17) is 5.73 Å². The summed E-state index contributed by atoms with van der Waals surface area (Å²) in [5.74, 6) is 1.64. The Hall–Kier alpha value is -2.29. The highest BCUT2D eigenvalue weighted by Crippen LogP contribution is 2.24. The summed E-state index contributed by atoms with van der Waals surface area (Å²) >= 11 is 0. The van der Waals surface area contributed by atoms with Crippen molar-refractivity contribution in [2.75, 3.05) is 11.9 Å². The number of nitrogens with two attached hydrogens (primary N) is 1. The summed E-state index contributed by atoms with van der Waals surface area (Å²) in [4.78, 5) is 6.48. The van der Waals surface area contributed by atoms with E-state index in [1.54, 1.807) is 0 Å². The van der Waals surface area contributed by atoms with Crippen molar-refractivity contribution in [3.8, 4) is 0 Å². The topological polar surface area (TPSA) is 41.6 Å². The summed E-state index contributed by atoms with van der Waals surface area (Å²) in [6.07, 6.45) is 2.28. The van der Waals surface area contributed by atoms with Crippen LogP contribution in [0, 0.1) is 0 Å². The third-order valence-electron chi connectivity index (χ3n) is 5.12. The highest BCUT2D eigenvalue weighted by molar-refractivity contribution is 5.95. The second-order valence-corrected chi connectivity index (χ2v) is 6.83. The molecule has 0 bridgehead atoms. The van der Waals surface area contributed by atoms with Gasteiger partial charge in [0.05, 0.1) is 5.69 Å². The maximum atomic E-state index is 6.21. The molecule has 0 fully saturated rings. The Kier molecular flexibility index (Phi) is 6.63. The number of anilines is 1. The molecule has 0 heterocycles. The van der Waals surface area contributed by atoms with Gasteiger partial charge in [-0.1, -0.05) is 52.0 Å². The summed E-state index contributed by atoms with van der Waals surface area (Å²) in [6.45, 7) is 8.90. The molecule has 2 aromatic carbocycles. The Morgan fingerprint density at radius 2 is 1.32 bits per heavy atom. The highest BCUT2D eigenvalue weighted by Gasteiger charge is 2.08. The molecule has 0 amide bonds. The van der Waals surface area contributed by atoms with Gasteiger partial charge in [-0.3, -0.25) is 0 Å². The minimum absolute atomic E-state index is 0.493. The first-order chi connectivity index (χ1) is 12.0. The van der Waals surface area contributed by atoms with Crippen molar-refractivity contribution in [3.05, 3.63) is 59.7 Å². The fourth-order valence-electron chi connectivity index (χ4n) is 2.71. The number of rotatable bonds is 6. The van der Waals surface area contributed by atoms with E-state index in [9.17, 15) is 0 Å². The van der Waals surface area contributed by atoms with Crippen molar-refractivity contribution in [2.45, 2.75) is 52.4 Å². The van der Waals surface area contributed by atoms with Crippen LogP contribution in [0.25, 0.3) is 0 Å². The molecular formula is C22H31N3. The standard InChI is InChI=1S/C22H31N3/c1-6-16(3)18-8-12-20(13-9-18)24-22(23)25(5)21-14-10-19(11-15-21)17(4)7-2/h8-17H,6-7H2,1-5H3,(H2,23,24). The number of benzene rings is 2. The SMILES string of the molecule is CCC(C)c1ccc(N=C(N)N(C)c2ccc(C(C)CC)cc2)cc1. The Bertz CT molecular complexity index is 686. The average molecular weight is 338 g/mol. The van der Waals surface area contributed by atoms with Crippen molar-refractivity contribution in [1.29, 1.82) is 0 Å². The molecule has 0 saturated heterocycles. The number of nitrogens with zero attached hydrogens (tertiary/aromatic N) is 2. The Morgan fingerprint density at radius 3 is 1.76 bits per heavy atom. The van der Waals surface area contributed by atoms with E-state index in [-0.39, 0.29) is 0 Å². The number of hydrogen-bond donors (Lipinski definition) is 1. The molecule has 2 atom stereocenters. The molecule has 0 radical (unpaired) electrons. The van der Waals surface area contributed by atoms with Gasteiger partial charge < -0.3 is 10.6 Å². The summed E-state index contributed by atoms with van der Waals surface area (Å²) in [5, 5.41) is 0. The molecule has 2 unspecified atom stereocenters. The van der Waals surface area contributed by atoms with E-state index in [1.807, 2.05) is 24.1 Å². The Labute approximate surface area is 152 Å². The zero-order valence-electron chi connectivity index (χ0n) is 16.2. The molecule has 2 N–H and O–H groups in total. The van der Waals surface area contributed by atoms with Crippen LogP contribution in [0.3, 0.4) is 0 Å². The minimum atomic E-state index is 0.493. The molecule has 3 nitrogen and oxygen atoms in total. The summed E-state index contributed by atoms with van der Waals surface area (Å²) < 4.78 is 0. The lowest BCUT2D eigenvalue weighted by Crippen LogP contribution is -2.33. The smallest absolute Gasteiger partial charge is 0.200 e. The van der Waals surface area contributed by atoms with Crippen molar-refractivity contribution in [2.24, 2.45) is 10.7 Å². The van der Waals surface area contributed by atoms with Gasteiger partial charge in [-0.2, -0.15) is 0 Å². The molecule has 0 aromatic heterocycles. The monoisotopic (exact) mass is 337 g/mol. The molecule has 25 heavy (non-hydrogen) atoms. The van der Waals surface area contributed by atoms with E-state index in [1.165, 1.54) is 11.1 Å². The van der Waals surface area contributed by atoms with Crippen molar-refractivity contribution in [3.63, 3.8) is 0 Å². The lowest BCUT2D eigenvalue weighted by molar-refractivity contribution is 0.733. The normalized spacial score (nSPS) is 14.2. The van der Waals surface area contributed by atoms with Crippen LogP contribution >= 0.6 is 0 Å². The Balaban J connectivity index is 2.13. The van der Waals surface area contributed by atoms with Crippen LogP contribution in [-0.2, 0) is 0 Å². The highest BCUT2D eigenvalue weighted by atomic mass is 15.2. The lowest BCUT2D eigenvalue weighted by atomic mass is 9.98. The summed E-state index contributed by atoms with van der Waals surface area (Å²) in [6, 6.07) is 16.9. The maximum absolute atomic E-state index is 6.21. The molecule has 0 spiro atoms. The number of guanidine groups is 1. The molecule has 0 saturated carbocycles. The zero-order valence-corrected chi connectivity index (χ0v) is 16.2. The zero-order chi connectivity index (χ0) is 18.4. The van der Waals surface area contributed by atoms with E-state index in [2.05, 4.69) is 69.1 Å². The van der Waals surface area contributed by atoms with Gasteiger partial charge in [-0.25, -0.2) is 4.99 Å². The molecule has 3 heteroatoms. The minimum Gasteiger partial charge on any atom is -0.369 e. The molecule has 0 aliphatic heterocycles. The van der Waals surface area contributed by atoms with Gasteiger partial charge in [0.15, 0.2) is 0 Å². The van der Waals surface area contributed by atoms with Gasteiger partial charge in [0, 0.05) is 12.7 Å². The van der Waals surface area contributed by atoms with E-state index in [0.29, 0.717) is 17.8 Å². The number of hydrogen-bond acceptors (Lipinski definition) is 1. The Morgan fingerprint density at radius 1 is 0.880 bits per heavy atom. The molecule has 2 aromatic rings. The van der Waals surface area contributed by atoms with Crippen molar-refractivity contribution < 1.29 is 0 Å². The second-order valence-electron chi connectivity index (χ2n) is 6.83. The molecule has 0 aliphatic rings. The fraction of sp³-hybridized carbons (Fsp3) is 0.409. The molecule has 134 valence electrons. The second kappa shape index (κ2) is 8.70. The van der Waals surface area contributed by atoms with Crippen LogP contribution in [0.2, 0.25) is 0 Å². The van der Waals surface area contributed by atoms with Crippen molar-refractivity contribution in [1.82, 2.24) is 0 Å². The lowest BCUT2D eigenvalue weighted by Gasteiger charge is -2.19. The number of aliphatic imine (C=N–C) groups is 1. The van der Waals surface area contributed by atoms with Crippen molar-refractivity contribution >= 4 is 17.3 Å². The van der Waals surface area contributed by atoms with Gasteiger partial charge in [-0.15, -0.1) is 0 Å². The third-order valence-corrected chi connectivity index (χ3v) is 5.12. The van der Waals surface area contributed by atoms with Crippen LogP contribution in [0.4, 0.5) is 11.4 Å². The van der Waals surface area contributed by atoms with Crippen LogP contribution in [0.15, 0.2) is 53.5 Å². The fourth-order valence-corrected chi connectivity index (χ4v) is 2.71. The molecule has 2 rings (SSSR count). The first-order valence-electron chi connectivity index (χ1n) is 9.24. The first-order valence-corrected chi connectivity index (χ1v) is 9.24.